The Kier molecular flexibility index (Phi) is 5.95. The van der Waals surface area contributed by atoms with Crippen molar-refractivity contribution in [2.75, 3.05) is 52.5 Å². The third-order valence-corrected chi connectivity index (χ3v) is 6.09. The Morgan fingerprint density at radius 2 is 1.77 bits per heavy atom. The van der Waals surface area contributed by atoms with Crippen LogP contribution >= 0.6 is 0 Å². The molecule has 0 bridgehead atoms. The number of ether oxygens (including phenoxy) is 3. The summed E-state index contributed by atoms with van der Waals surface area (Å²) in [4.78, 5) is 17.1. The van der Waals surface area contributed by atoms with Gasteiger partial charge in [-0.1, -0.05) is 24.3 Å². The summed E-state index contributed by atoms with van der Waals surface area (Å²) in [7, 11) is 0. The lowest BCUT2D eigenvalue weighted by Gasteiger charge is -2.34. The molecule has 0 saturated carbocycles. The molecule has 0 radical (unpaired) electrons. The van der Waals surface area contributed by atoms with E-state index in [0.29, 0.717) is 19.7 Å². The largest absolute Gasteiger partial charge is 0.493 e. The molecule has 1 N–H and O–H groups in total. The van der Waals surface area contributed by atoms with Crippen molar-refractivity contribution in [2.24, 2.45) is 0 Å². The first-order valence-electron chi connectivity index (χ1n) is 11.1. The number of piperazine rings is 1. The van der Waals surface area contributed by atoms with Gasteiger partial charge in [0.25, 0.3) is 0 Å². The van der Waals surface area contributed by atoms with Crippen LogP contribution in [0.5, 0.6) is 17.2 Å². The summed E-state index contributed by atoms with van der Waals surface area (Å²) in [6.07, 6.45) is 0.852. The summed E-state index contributed by atoms with van der Waals surface area (Å²) in [5.74, 6) is 2.57. The van der Waals surface area contributed by atoms with Crippen LogP contribution in [0.25, 0.3) is 0 Å². The number of nitrogens with one attached hydrogen (secondary N) is 1. The second-order valence-corrected chi connectivity index (χ2v) is 8.39. The highest BCUT2D eigenvalue weighted by molar-refractivity contribution is 5.78. The number of para-hydroxylation sites is 2. The van der Waals surface area contributed by atoms with Gasteiger partial charge in [0, 0.05) is 39.1 Å². The van der Waals surface area contributed by atoms with E-state index in [2.05, 4.69) is 33.3 Å². The van der Waals surface area contributed by atoms with Gasteiger partial charge >= 0.3 is 0 Å². The highest BCUT2D eigenvalue weighted by Gasteiger charge is 2.23. The fourth-order valence-corrected chi connectivity index (χ4v) is 4.35. The maximum atomic E-state index is 12.4. The molecule has 1 amide bonds. The third-order valence-electron chi connectivity index (χ3n) is 6.09. The molecule has 31 heavy (non-hydrogen) atoms. The molecular formula is C24H29N3O4. The smallest absolute Gasteiger partial charge is 0.234 e. The zero-order valence-electron chi connectivity index (χ0n) is 17.7. The molecule has 1 atom stereocenters. The number of carbonyl (C=O) groups is 1. The van der Waals surface area contributed by atoms with E-state index in [-0.39, 0.29) is 12.0 Å². The lowest BCUT2D eigenvalue weighted by atomic mass is 10.1. The van der Waals surface area contributed by atoms with E-state index in [1.165, 1.54) is 11.1 Å². The Morgan fingerprint density at radius 1 is 0.968 bits per heavy atom. The zero-order chi connectivity index (χ0) is 21.0. The van der Waals surface area contributed by atoms with Crippen LogP contribution in [0.15, 0.2) is 42.5 Å². The summed E-state index contributed by atoms with van der Waals surface area (Å²) < 4.78 is 17.2. The Balaban J connectivity index is 1.02. The first kappa shape index (κ1) is 20.2. The van der Waals surface area contributed by atoms with Gasteiger partial charge in [0.1, 0.15) is 18.5 Å². The number of rotatable bonds is 6. The van der Waals surface area contributed by atoms with Crippen LogP contribution in [0, 0.1) is 0 Å². The van der Waals surface area contributed by atoms with Crippen LogP contribution in [0.4, 0.5) is 0 Å². The summed E-state index contributed by atoms with van der Waals surface area (Å²) in [6.45, 7) is 6.82. The van der Waals surface area contributed by atoms with Crippen molar-refractivity contribution in [3.8, 4) is 17.2 Å². The standard InChI is InChI=1S/C24H29N3O4/c28-24(25-14-20-17-30-22-3-1-2-4-23(22)31-20)16-27-10-8-26(9-11-27)15-18-5-6-21-19(13-18)7-12-29-21/h1-6,13,20H,7-12,14-17H2,(H,25,28)/t20-/m0/s1. The van der Waals surface area contributed by atoms with Crippen molar-refractivity contribution in [2.45, 2.75) is 19.1 Å². The molecule has 2 aromatic rings. The van der Waals surface area contributed by atoms with Gasteiger partial charge < -0.3 is 19.5 Å². The first-order chi connectivity index (χ1) is 15.2. The third kappa shape index (κ3) is 4.94. The maximum Gasteiger partial charge on any atom is 0.234 e. The Morgan fingerprint density at radius 3 is 2.65 bits per heavy atom. The number of fused-ring (bicyclic) bond motifs is 2. The number of hydrogen-bond acceptors (Lipinski definition) is 6. The predicted molar refractivity (Wildman–Crippen MR) is 117 cm³/mol. The number of benzene rings is 2. The van der Waals surface area contributed by atoms with E-state index >= 15 is 0 Å². The van der Waals surface area contributed by atoms with Gasteiger partial charge in [-0.05, 0) is 29.3 Å². The number of nitrogens with zero attached hydrogens (tertiary/aromatic N) is 2. The highest BCUT2D eigenvalue weighted by Crippen LogP contribution is 2.30. The van der Waals surface area contributed by atoms with Gasteiger partial charge in [-0.15, -0.1) is 0 Å². The number of carbonyl (C=O) groups excluding carboxylic acids is 1. The number of amides is 1. The monoisotopic (exact) mass is 423 g/mol. The predicted octanol–water partition coefficient (Wildman–Crippen LogP) is 1.70. The fourth-order valence-electron chi connectivity index (χ4n) is 4.35. The van der Waals surface area contributed by atoms with Crippen molar-refractivity contribution in [3.63, 3.8) is 0 Å². The van der Waals surface area contributed by atoms with E-state index in [1.807, 2.05) is 24.3 Å². The first-order valence-corrected chi connectivity index (χ1v) is 11.1. The van der Waals surface area contributed by atoms with E-state index in [4.69, 9.17) is 14.2 Å². The van der Waals surface area contributed by atoms with Crippen molar-refractivity contribution in [1.82, 2.24) is 15.1 Å². The molecule has 7 heteroatoms. The van der Waals surface area contributed by atoms with Crippen molar-refractivity contribution < 1.29 is 19.0 Å². The molecule has 1 saturated heterocycles. The molecule has 0 spiro atoms. The minimum Gasteiger partial charge on any atom is -0.493 e. The lowest BCUT2D eigenvalue weighted by molar-refractivity contribution is -0.123. The average molecular weight is 424 g/mol. The summed E-state index contributed by atoms with van der Waals surface area (Å²) in [6, 6.07) is 14.2. The molecule has 0 aromatic heterocycles. The molecule has 164 valence electrons. The quantitative estimate of drug-likeness (QED) is 0.763. The molecule has 5 rings (SSSR count). The highest BCUT2D eigenvalue weighted by atomic mass is 16.6. The molecular weight excluding hydrogens is 394 g/mol. The second-order valence-electron chi connectivity index (χ2n) is 8.39. The van der Waals surface area contributed by atoms with Crippen molar-refractivity contribution in [1.29, 1.82) is 0 Å². The Hall–Kier alpha value is -2.77. The van der Waals surface area contributed by atoms with Gasteiger partial charge in [0.05, 0.1) is 19.7 Å². The maximum absolute atomic E-state index is 12.4. The van der Waals surface area contributed by atoms with Crippen LogP contribution in [-0.2, 0) is 17.8 Å². The zero-order valence-corrected chi connectivity index (χ0v) is 17.7. The number of hydrogen-bond donors (Lipinski definition) is 1. The van der Waals surface area contributed by atoms with Crippen molar-refractivity contribution >= 4 is 5.91 Å². The topological polar surface area (TPSA) is 63.3 Å². The minimum atomic E-state index is -0.159. The van der Waals surface area contributed by atoms with Gasteiger partial charge in [-0.3, -0.25) is 14.6 Å². The van der Waals surface area contributed by atoms with Gasteiger partial charge in [-0.2, -0.15) is 0 Å². The molecule has 3 heterocycles. The van der Waals surface area contributed by atoms with Crippen LogP contribution in [0.1, 0.15) is 11.1 Å². The fraction of sp³-hybridized carbons (Fsp3) is 0.458. The molecule has 3 aliphatic rings. The Labute approximate surface area is 182 Å². The molecule has 0 aliphatic carbocycles. The van der Waals surface area contributed by atoms with E-state index in [0.717, 1.165) is 63.0 Å². The van der Waals surface area contributed by atoms with E-state index in [9.17, 15) is 4.79 Å². The molecule has 2 aromatic carbocycles. The van der Waals surface area contributed by atoms with Crippen LogP contribution in [0.2, 0.25) is 0 Å². The molecule has 3 aliphatic heterocycles. The van der Waals surface area contributed by atoms with Crippen molar-refractivity contribution in [3.05, 3.63) is 53.6 Å². The molecule has 0 unspecified atom stereocenters. The van der Waals surface area contributed by atoms with Gasteiger partial charge in [-0.25, -0.2) is 0 Å². The SMILES string of the molecule is O=C(CN1CCN(Cc2ccc3c(c2)CCO3)CC1)NC[C@H]1COc2ccccc2O1. The summed E-state index contributed by atoms with van der Waals surface area (Å²) in [5, 5.41) is 2.99. The molecule has 1 fully saturated rings. The van der Waals surface area contributed by atoms with Gasteiger partial charge in [0.15, 0.2) is 11.5 Å². The van der Waals surface area contributed by atoms with E-state index in [1.54, 1.807) is 0 Å². The van der Waals surface area contributed by atoms with Gasteiger partial charge in [0.2, 0.25) is 5.91 Å². The van der Waals surface area contributed by atoms with Crippen LogP contribution in [-0.4, -0.2) is 74.3 Å². The van der Waals surface area contributed by atoms with E-state index < -0.39 is 0 Å². The second kappa shape index (κ2) is 9.16. The lowest BCUT2D eigenvalue weighted by Crippen LogP contribution is -2.50. The Bertz CT molecular complexity index is 927. The van der Waals surface area contributed by atoms with Crippen LogP contribution in [0.3, 0.4) is 0 Å². The summed E-state index contributed by atoms with van der Waals surface area (Å²) >= 11 is 0. The summed E-state index contributed by atoms with van der Waals surface area (Å²) in [5.41, 5.74) is 2.66. The normalized spacial score (nSPS) is 20.7. The average Bonchev–Trinajstić information content (AvgIpc) is 3.27. The van der Waals surface area contributed by atoms with Crippen LogP contribution < -0.4 is 19.5 Å². The molecule has 7 nitrogen and oxygen atoms in total. The minimum absolute atomic E-state index is 0.0366.